The average molecular weight is 324 g/mol. The lowest BCUT2D eigenvalue weighted by atomic mass is 10.1. The number of rotatable bonds is 5. The van der Waals surface area contributed by atoms with Crippen molar-refractivity contribution in [3.63, 3.8) is 0 Å². The maximum atomic E-state index is 12.4. The van der Waals surface area contributed by atoms with Crippen molar-refractivity contribution < 1.29 is 4.79 Å². The van der Waals surface area contributed by atoms with Gasteiger partial charge in [-0.2, -0.15) is 0 Å². The van der Waals surface area contributed by atoms with E-state index >= 15 is 0 Å². The Labute approximate surface area is 143 Å². The van der Waals surface area contributed by atoms with Crippen molar-refractivity contribution in [1.29, 1.82) is 0 Å². The number of aromatic nitrogens is 2. The van der Waals surface area contributed by atoms with Gasteiger partial charge in [0.05, 0.1) is 6.54 Å². The molecule has 0 atom stereocenters. The molecule has 0 radical (unpaired) electrons. The first-order valence-corrected chi connectivity index (χ1v) is 8.65. The summed E-state index contributed by atoms with van der Waals surface area (Å²) in [4.78, 5) is 25.5. The van der Waals surface area contributed by atoms with E-state index < -0.39 is 0 Å². The molecule has 1 aromatic carbocycles. The Morgan fingerprint density at radius 1 is 1.12 bits per heavy atom. The van der Waals surface area contributed by atoms with Gasteiger partial charge >= 0.3 is 0 Å². The molecule has 0 saturated carbocycles. The summed E-state index contributed by atoms with van der Waals surface area (Å²) >= 11 is 0. The number of hydrogen-bond donors (Lipinski definition) is 0. The first kappa shape index (κ1) is 16.4. The van der Waals surface area contributed by atoms with Crippen LogP contribution in [0.1, 0.15) is 31.2 Å². The number of carbonyl (C=O) groups is 1. The summed E-state index contributed by atoms with van der Waals surface area (Å²) in [5, 5.41) is 0. The zero-order chi connectivity index (χ0) is 16.8. The smallest absolute Gasteiger partial charge is 0.242 e. The second-order valence-corrected chi connectivity index (χ2v) is 6.15. The standard InChI is InChI=1S/C19H24N4O/c1-2-11-22-12-6-13-23(15-19(22)24)18-9-10-20-17(21-18)14-16-7-4-3-5-8-16/h3-5,7-10H,2,6,11-15H2,1H3. The van der Waals surface area contributed by atoms with E-state index in [9.17, 15) is 4.79 Å². The summed E-state index contributed by atoms with van der Waals surface area (Å²) in [7, 11) is 0. The van der Waals surface area contributed by atoms with Gasteiger partial charge in [0.15, 0.2) is 0 Å². The van der Waals surface area contributed by atoms with Crippen molar-refractivity contribution in [2.24, 2.45) is 0 Å². The summed E-state index contributed by atoms with van der Waals surface area (Å²) < 4.78 is 0. The molecule has 24 heavy (non-hydrogen) atoms. The van der Waals surface area contributed by atoms with Crippen molar-refractivity contribution in [3.8, 4) is 0 Å². The normalized spacial score (nSPS) is 15.5. The van der Waals surface area contributed by atoms with Gasteiger partial charge in [-0.05, 0) is 24.5 Å². The second kappa shape index (κ2) is 7.90. The summed E-state index contributed by atoms with van der Waals surface area (Å²) in [5.74, 6) is 1.83. The van der Waals surface area contributed by atoms with Crippen LogP contribution in [0.4, 0.5) is 5.82 Å². The number of carbonyl (C=O) groups excluding carboxylic acids is 1. The molecule has 2 aromatic rings. The zero-order valence-electron chi connectivity index (χ0n) is 14.2. The molecule has 1 amide bonds. The molecule has 0 unspecified atom stereocenters. The van der Waals surface area contributed by atoms with Crippen molar-refractivity contribution >= 4 is 11.7 Å². The van der Waals surface area contributed by atoms with Gasteiger partial charge in [-0.25, -0.2) is 9.97 Å². The van der Waals surface area contributed by atoms with Gasteiger partial charge in [0.25, 0.3) is 0 Å². The first-order valence-electron chi connectivity index (χ1n) is 8.65. The van der Waals surface area contributed by atoms with Crippen LogP contribution >= 0.6 is 0 Å². The van der Waals surface area contributed by atoms with Crippen LogP contribution in [-0.4, -0.2) is 47.0 Å². The van der Waals surface area contributed by atoms with Crippen LogP contribution in [0.15, 0.2) is 42.6 Å². The van der Waals surface area contributed by atoms with Gasteiger partial charge in [-0.1, -0.05) is 37.3 Å². The lowest BCUT2D eigenvalue weighted by Crippen LogP contribution is -2.37. The predicted molar refractivity (Wildman–Crippen MR) is 95.0 cm³/mol. The van der Waals surface area contributed by atoms with Crippen molar-refractivity contribution in [2.45, 2.75) is 26.2 Å². The Balaban J connectivity index is 1.72. The third-order valence-electron chi connectivity index (χ3n) is 4.25. The molecule has 0 aliphatic carbocycles. The molecule has 126 valence electrons. The fourth-order valence-corrected chi connectivity index (χ4v) is 3.05. The Bertz CT molecular complexity index is 674. The Kier molecular flexibility index (Phi) is 5.41. The largest absolute Gasteiger partial charge is 0.347 e. The van der Waals surface area contributed by atoms with Crippen LogP contribution in [0.5, 0.6) is 0 Å². The van der Waals surface area contributed by atoms with E-state index in [1.165, 1.54) is 5.56 Å². The lowest BCUT2D eigenvalue weighted by molar-refractivity contribution is -0.129. The van der Waals surface area contributed by atoms with Gasteiger partial charge < -0.3 is 9.80 Å². The first-order chi connectivity index (χ1) is 11.8. The highest BCUT2D eigenvalue weighted by Crippen LogP contribution is 2.15. The minimum atomic E-state index is 0.192. The topological polar surface area (TPSA) is 49.3 Å². The van der Waals surface area contributed by atoms with Crippen LogP contribution in [0, 0.1) is 0 Å². The van der Waals surface area contributed by atoms with E-state index in [1.807, 2.05) is 29.2 Å². The highest BCUT2D eigenvalue weighted by atomic mass is 16.2. The predicted octanol–water partition coefficient (Wildman–Crippen LogP) is 2.52. The Hall–Kier alpha value is -2.43. The number of benzene rings is 1. The van der Waals surface area contributed by atoms with Crippen LogP contribution < -0.4 is 4.90 Å². The van der Waals surface area contributed by atoms with Gasteiger partial charge in [-0.3, -0.25) is 4.79 Å². The molecular weight excluding hydrogens is 300 g/mol. The molecule has 0 bridgehead atoms. The zero-order valence-corrected chi connectivity index (χ0v) is 14.2. The van der Waals surface area contributed by atoms with Crippen LogP contribution in [0.3, 0.4) is 0 Å². The van der Waals surface area contributed by atoms with Crippen molar-refractivity contribution in [2.75, 3.05) is 31.1 Å². The number of nitrogens with zero attached hydrogens (tertiary/aromatic N) is 4. The molecule has 1 aliphatic rings. The van der Waals surface area contributed by atoms with Gasteiger partial charge in [-0.15, -0.1) is 0 Å². The molecule has 0 spiro atoms. The van der Waals surface area contributed by atoms with Crippen LogP contribution in [0.2, 0.25) is 0 Å². The summed E-state index contributed by atoms with van der Waals surface area (Å²) in [6, 6.07) is 12.1. The third-order valence-corrected chi connectivity index (χ3v) is 4.25. The van der Waals surface area contributed by atoms with E-state index in [4.69, 9.17) is 0 Å². The summed E-state index contributed by atoms with van der Waals surface area (Å²) in [6.45, 7) is 5.05. The highest BCUT2D eigenvalue weighted by Gasteiger charge is 2.22. The fraction of sp³-hybridized carbons (Fsp3) is 0.421. The molecule has 1 aromatic heterocycles. The molecule has 5 nitrogen and oxygen atoms in total. The van der Waals surface area contributed by atoms with E-state index in [0.717, 1.165) is 44.1 Å². The van der Waals surface area contributed by atoms with Gasteiger partial charge in [0, 0.05) is 32.3 Å². The molecule has 5 heteroatoms. The fourth-order valence-electron chi connectivity index (χ4n) is 3.05. The minimum Gasteiger partial charge on any atom is -0.347 e. The SMILES string of the molecule is CCCN1CCCN(c2ccnc(Cc3ccccc3)n2)CC1=O. The average Bonchev–Trinajstić information content (AvgIpc) is 2.79. The van der Waals surface area contributed by atoms with Crippen LogP contribution in [0.25, 0.3) is 0 Å². The van der Waals surface area contributed by atoms with E-state index in [1.54, 1.807) is 6.20 Å². The monoisotopic (exact) mass is 324 g/mol. The minimum absolute atomic E-state index is 0.192. The molecule has 1 aliphatic heterocycles. The molecule has 2 heterocycles. The Morgan fingerprint density at radius 2 is 1.96 bits per heavy atom. The van der Waals surface area contributed by atoms with Crippen molar-refractivity contribution in [3.05, 3.63) is 54.0 Å². The molecule has 3 rings (SSSR count). The molecule has 1 fully saturated rings. The molecule has 0 N–H and O–H groups in total. The van der Waals surface area contributed by atoms with Crippen molar-refractivity contribution in [1.82, 2.24) is 14.9 Å². The number of hydrogen-bond acceptors (Lipinski definition) is 4. The summed E-state index contributed by atoms with van der Waals surface area (Å²) in [6.07, 6.45) is 4.47. The quantitative estimate of drug-likeness (QED) is 0.848. The second-order valence-electron chi connectivity index (χ2n) is 6.15. The maximum Gasteiger partial charge on any atom is 0.242 e. The van der Waals surface area contributed by atoms with E-state index in [-0.39, 0.29) is 5.91 Å². The van der Waals surface area contributed by atoms with Gasteiger partial charge in [0.1, 0.15) is 11.6 Å². The van der Waals surface area contributed by atoms with E-state index in [0.29, 0.717) is 13.0 Å². The molecule has 1 saturated heterocycles. The Morgan fingerprint density at radius 3 is 2.75 bits per heavy atom. The number of anilines is 1. The summed E-state index contributed by atoms with van der Waals surface area (Å²) in [5.41, 5.74) is 1.19. The third kappa shape index (κ3) is 4.10. The molecular formula is C19H24N4O. The highest BCUT2D eigenvalue weighted by molar-refractivity contribution is 5.81. The van der Waals surface area contributed by atoms with E-state index in [2.05, 4.69) is 33.9 Å². The number of amides is 1. The van der Waals surface area contributed by atoms with Gasteiger partial charge in [0.2, 0.25) is 5.91 Å². The van der Waals surface area contributed by atoms with Crippen LogP contribution in [-0.2, 0) is 11.2 Å². The lowest BCUT2D eigenvalue weighted by Gasteiger charge is -2.22. The maximum absolute atomic E-state index is 12.4.